The van der Waals surface area contributed by atoms with Gasteiger partial charge < -0.3 is 5.73 Å². The van der Waals surface area contributed by atoms with E-state index >= 15 is 0 Å². The number of allylic oxidation sites excluding steroid dienone is 1. The van der Waals surface area contributed by atoms with Gasteiger partial charge in [0.15, 0.2) is 0 Å². The monoisotopic (exact) mass is 187 g/mol. The molecule has 0 saturated carbocycles. The summed E-state index contributed by atoms with van der Waals surface area (Å²) in [6, 6.07) is 10.7. The second-order valence-corrected chi connectivity index (χ2v) is 3.92. The average Bonchev–Trinajstić information content (AvgIpc) is 2.44. The lowest BCUT2D eigenvalue weighted by atomic mass is 9.97. The van der Waals surface area contributed by atoms with Gasteiger partial charge in [-0.2, -0.15) is 0 Å². The van der Waals surface area contributed by atoms with Crippen LogP contribution in [0.1, 0.15) is 31.2 Å². The zero-order valence-electron chi connectivity index (χ0n) is 8.45. The molecular formula is C13H17N. The first kappa shape index (κ1) is 9.47. The van der Waals surface area contributed by atoms with Crippen molar-refractivity contribution in [3.8, 4) is 0 Å². The van der Waals surface area contributed by atoms with Crippen molar-refractivity contribution in [2.45, 2.75) is 31.7 Å². The van der Waals surface area contributed by atoms with Crippen LogP contribution in [0.4, 0.5) is 0 Å². The molecule has 1 nitrogen and oxygen atoms in total. The van der Waals surface area contributed by atoms with E-state index in [0.717, 1.165) is 6.42 Å². The minimum absolute atomic E-state index is 0.236. The van der Waals surface area contributed by atoms with Crippen LogP contribution < -0.4 is 5.73 Å². The number of hydrogen-bond donors (Lipinski definition) is 1. The van der Waals surface area contributed by atoms with Gasteiger partial charge in [-0.1, -0.05) is 42.8 Å². The van der Waals surface area contributed by atoms with Gasteiger partial charge in [0.2, 0.25) is 0 Å². The first-order valence-electron chi connectivity index (χ1n) is 5.39. The summed E-state index contributed by atoms with van der Waals surface area (Å²) < 4.78 is 0. The quantitative estimate of drug-likeness (QED) is 0.718. The fourth-order valence-electron chi connectivity index (χ4n) is 2.04. The predicted octanol–water partition coefficient (Wildman–Crippen LogP) is 2.97. The molecule has 1 heteroatoms. The summed E-state index contributed by atoms with van der Waals surface area (Å²) in [6.07, 6.45) is 7.16. The highest BCUT2D eigenvalue weighted by atomic mass is 14.6. The molecule has 1 aliphatic rings. The van der Waals surface area contributed by atoms with Crippen molar-refractivity contribution in [3.63, 3.8) is 0 Å². The number of benzene rings is 1. The first-order valence-corrected chi connectivity index (χ1v) is 5.39. The van der Waals surface area contributed by atoms with Crippen LogP contribution in [0.5, 0.6) is 0 Å². The van der Waals surface area contributed by atoms with E-state index < -0.39 is 0 Å². The standard InChI is InChI=1S/C13H17N/c14-13-10-6-2-5-9-12(13)11-7-3-1-4-8-11/h1,3-4,7-9,13H,2,5-6,10,14H2. The Hall–Kier alpha value is -1.08. The Balaban J connectivity index is 2.27. The Morgan fingerprint density at radius 3 is 2.64 bits per heavy atom. The van der Waals surface area contributed by atoms with Crippen molar-refractivity contribution in [1.82, 2.24) is 0 Å². The maximum absolute atomic E-state index is 6.14. The van der Waals surface area contributed by atoms with Gasteiger partial charge in [0, 0.05) is 6.04 Å². The maximum atomic E-state index is 6.14. The third kappa shape index (κ3) is 2.05. The van der Waals surface area contributed by atoms with Gasteiger partial charge in [-0.25, -0.2) is 0 Å². The van der Waals surface area contributed by atoms with Crippen LogP contribution in [0.2, 0.25) is 0 Å². The molecule has 2 rings (SSSR count). The van der Waals surface area contributed by atoms with E-state index in [2.05, 4.69) is 30.3 Å². The van der Waals surface area contributed by atoms with Crippen LogP contribution in [0.25, 0.3) is 5.57 Å². The van der Waals surface area contributed by atoms with Gasteiger partial charge in [-0.15, -0.1) is 0 Å². The van der Waals surface area contributed by atoms with Gasteiger partial charge in [0.1, 0.15) is 0 Å². The highest BCUT2D eigenvalue weighted by molar-refractivity contribution is 5.69. The van der Waals surface area contributed by atoms with Crippen molar-refractivity contribution in [2.24, 2.45) is 5.73 Å². The Labute approximate surface area is 85.6 Å². The molecule has 0 fully saturated rings. The average molecular weight is 187 g/mol. The van der Waals surface area contributed by atoms with Crippen LogP contribution in [0, 0.1) is 0 Å². The lowest BCUT2D eigenvalue weighted by molar-refractivity contribution is 0.663. The third-order valence-corrected chi connectivity index (χ3v) is 2.84. The molecule has 1 unspecified atom stereocenters. The molecule has 0 spiro atoms. The smallest absolute Gasteiger partial charge is 0.0297 e. The van der Waals surface area contributed by atoms with Crippen molar-refractivity contribution in [1.29, 1.82) is 0 Å². The molecule has 0 amide bonds. The maximum Gasteiger partial charge on any atom is 0.0297 e. The molecule has 0 saturated heterocycles. The summed E-state index contributed by atoms with van der Waals surface area (Å²) in [5.74, 6) is 0. The Kier molecular flexibility index (Phi) is 3.00. The van der Waals surface area contributed by atoms with Gasteiger partial charge in [-0.05, 0) is 30.4 Å². The molecule has 1 aromatic rings. The third-order valence-electron chi connectivity index (χ3n) is 2.84. The molecule has 14 heavy (non-hydrogen) atoms. The zero-order chi connectivity index (χ0) is 9.80. The van der Waals surface area contributed by atoms with Gasteiger partial charge in [0.25, 0.3) is 0 Å². The topological polar surface area (TPSA) is 26.0 Å². The second-order valence-electron chi connectivity index (χ2n) is 3.92. The van der Waals surface area contributed by atoms with Crippen molar-refractivity contribution in [2.75, 3.05) is 0 Å². The molecule has 1 aliphatic carbocycles. The van der Waals surface area contributed by atoms with Crippen molar-refractivity contribution < 1.29 is 0 Å². The molecule has 0 radical (unpaired) electrons. The molecule has 1 aromatic carbocycles. The normalized spacial score (nSPS) is 22.6. The fourth-order valence-corrected chi connectivity index (χ4v) is 2.04. The fraction of sp³-hybridized carbons (Fsp3) is 0.385. The van der Waals surface area contributed by atoms with E-state index in [1.165, 1.54) is 30.4 Å². The Morgan fingerprint density at radius 2 is 1.86 bits per heavy atom. The molecule has 0 bridgehead atoms. The summed E-state index contributed by atoms with van der Waals surface area (Å²) in [4.78, 5) is 0. The van der Waals surface area contributed by atoms with E-state index in [0.29, 0.717) is 0 Å². The number of nitrogens with two attached hydrogens (primary N) is 1. The lowest BCUT2D eigenvalue weighted by Crippen LogP contribution is -2.20. The summed E-state index contributed by atoms with van der Waals surface area (Å²) >= 11 is 0. The first-order chi connectivity index (χ1) is 6.88. The highest BCUT2D eigenvalue weighted by Crippen LogP contribution is 2.24. The SMILES string of the molecule is NC1CCCCC=C1c1ccccc1. The molecular weight excluding hydrogens is 170 g/mol. The van der Waals surface area contributed by atoms with Crippen LogP contribution in [0.3, 0.4) is 0 Å². The van der Waals surface area contributed by atoms with Crippen LogP contribution >= 0.6 is 0 Å². The van der Waals surface area contributed by atoms with Crippen LogP contribution in [0.15, 0.2) is 36.4 Å². The summed E-state index contributed by atoms with van der Waals surface area (Å²) in [7, 11) is 0. The van der Waals surface area contributed by atoms with Crippen molar-refractivity contribution >= 4 is 5.57 Å². The number of hydrogen-bond acceptors (Lipinski definition) is 1. The molecule has 0 aromatic heterocycles. The van der Waals surface area contributed by atoms with Crippen LogP contribution in [-0.2, 0) is 0 Å². The Morgan fingerprint density at radius 1 is 1.07 bits per heavy atom. The van der Waals surface area contributed by atoms with Crippen LogP contribution in [-0.4, -0.2) is 6.04 Å². The number of rotatable bonds is 1. The predicted molar refractivity (Wildman–Crippen MR) is 60.9 cm³/mol. The molecule has 0 heterocycles. The summed E-state index contributed by atoms with van der Waals surface area (Å²) in [5.41, 5.74) is 8.77. The van der Waals surface area contributed by atoms with E-state index in [-0.39, 0.29) is 6.04 Å². The van der Waals surface area contributed by atoms with E-state index in [9.17, 15) is 0 Å². The second kappa shape index (κ2) is 4.43. The van der Waals surface area contributed by atoms with Gasteiger partial charge >= 0.3 is 0 Å². The summed E-state index contributed by atoms with van der Waals surface area (Å²) in [6.45, 7) is 0. The Bertz CT molecular complexity index is 313. The minimum Gasteiger partial charge on any atom is -0.324 e. The van der Waals surface area contributed by atoms with E-state index in [4.69, 9.17) is 5.73 Å². The summed E-state index contributed by atoms with van der Waals surface area (Å²) in [5, 5.41) is 0. The largest absolute Gasteiger partial charge is 0.324 e. The zero-order valence-corrected chi connectivity index (χ0v) is 8.45. The van der Waals surface area contributed by atoms with E-state index in [1.54, 1.807) is 0 Å². The lowest BCUT2D eigenvalue weighted by Gasteiger charge is -2.13. The minimum atomic E-state index is 0.236. The molecule has 1 atom stereocenters. The van der Waals surface area contributed by atoms with Gasteiger partial charge in [-0.3, -0.25) is 0 Å². The van der Waals surface area contributed by atoms with Crippen molar-refractivity contribution in [3.05, 3.63) is 42.0 Å². The highest BCUT2D eigenvalue weighted by Gasteiger charge is 2.13. The molecule has 0 aliphatic heterocycles. The molecule has 2 N–H and O–H groups in total. The van der Waals surface area contributed by atoms with Gasteiger partial charge in [0.05, 0.1) is 0 Å². The van der Waals surface area contributed by atoms with E-state index in [1.807, 2.05) is 6.07 Å². The molecule has 74 valence electrons.